The normalized spacial score (nSPS) is 11.8. The van der Waals surface area contributed by atoms with Crippen LogP contribution in [-0.2, 0) is 0 Å². The molecule has 0 aliphatic heterocycles. The van der Waals surface area contributed by atoms with Gasteiger partial charge in [0.15, 0.2) is 11.6 Å². The first-order valence-electron chi connectivity index (χ1n) is 5.86. The summed E-state index contributed by atoms with van der Waals surface area (Å²) in [6, 6.07) is 9.36. The number of aliphatic hydroxyl groups excluding tert-OH is 1. The van der Waals surface area contributed by atoms with E-state index in [1.54, 1.807) is 6.07 Å². The van der Waals surface area contributed by atoms with Crippen LogP contribution in [0.3, 0.4) is 0 Å². The molecule has 5 heteroatoms. The molecule has 3 nitrogen and oxygen atoms in total. The Kier molecular flexibility index (Phi) is 3.97. The Hall–Kier alpha value is -2.45. The van der Waals surface area contributed by atoms with Gasteiger partial charge in [-0.2, -0.15) is 5.26 Å². The topological polar surface area (TPSA) is 53.2 Å². The molecule has 0 aliphatic rings. The number of ether oxygens (including phenoxy) is 1. The minimum Gasteiger partial charge on any atom is -0.454 e. The molecule has 102 valence electrons. The van der Waals surface area contributed by atoms with E-state index in [0.717, 1.165) is 12.1 Å². The summed E-state index contributed by atoms with van der Waals surface area (Å²) in [5.41, 5.74) is 0.308. The van der Waals surface area contributed by atoms with E-state index >= 15 is 0 Å². The first kappa shape index (κ1) is 14.0. The molecule has 2 aromatic rings. The molecule has 0 heterocycles. The van der Waals surface area contributed by atoms with Crippen molar-refractivity contribution >= 4 is 0 Å². The molecular weight excluding hydrogens is 264 g/mol. The lowest BCUT2D eigenvalue weighted by Crippen LogP contribution is -1.95. The third kappa shape index (κ3) is 2.92. The molecule has 1 atom stereocenters. The highest BCUT2D eigenvalue weighted by Crippen LogP contribution is 2.27. The molecule has 2 rings (SSSR count). The number of benzene rings is 2. The van der Waals surface area contributed by atoms with Crippen molar-refractivity contribution < 1.29 is 18.6 Å². The van der Waals surface area contributed by atoms with E-state index in [1.807, 2.05) is 0 Å². The summed E-state index contributed by atoms with van der Waals surface area (Å²) in [4.78, 5) is 0. The smallest absolute Gasteiger partial charge is 0.166 e. The summed E-state index contributed by atoms with van der Waals surface area (Å²) >= 11 is 0. The molecule has 1 unspecified atom stereocenters. The number of nitriles is 1. The highest BCUT2D eigenvalue weighted by molar-refractivity contribution is 5.39. The van der Waals surface area contributed by atoms with Crippen LogP contribution in [0, 0.1) is 23.0 Å². The fraction of sp³-hybridized carbons (Fsp3) is 0.133. The van der Waals surface area contributed by atoms with Crippen molar-refractivity contribution in [2.45, 2.75) is 13.0 Å². The zero-order valence-electron chi connectivity index (χ0n) is 10.6. The Bertz CT molecular complexity index is 678. The Morgan fingerprint density at radius 3 is 2.45 bits per heavy atom. The second-order valence-corrected chi connectivity index (χ2v) is 4.22. The van der Waals surface area contributed by atoms with Gasteiger partial charge in [-0.3, -0.25) is 0 Å². The Morgan fingerprint density at radius 1 is 1.15 bits per heavy atom. The lowest BCUT2D eigenvalue weighted by molar-refractivity contribution is 0.198. The average Bonchev–Trinajstić information content (AvgIpc) is 2.41. The summed E-state index contributed by atoms with van der Waals surface area (Å²) in [6.45, 7) is 1.52. The van der Waals surface area contributed by atoms with Gasteiger partial charge in [-0.15, -0.1) is 0 Å². The lowest BCUT2D eigenvalue weighted by Gasteiger charge is -2.10. The Balaban J connectivity index is 2.26. The van der Waals surface area contributed by atoms with Gasteiger partial charge in [0, 0.05) is 6.07 Å². The largest absolute Gasteiger partial charge is 0.454 e. The molecule has 1 N–H and O–H groups in total. The molecule has 0 bridgehead atoms. The maximum atomic E-state index is 13.8. The maximum Gasteiger partial charge on any atom is 0.166 e. The molecular formula is C15H11F2NO2. The van der Waals surface area contributed by atoms with Crippen LogP contribution < -0.4 is 4.74 Å². The molecule has 20 heavy (non-hydrogen) atoms. The number of halogens is 2. The molecule has 0 saturated carbocycles. The molecule has 2 aromatic carbocycles. The van der Waals surface area contributed by atoms with E-state index in [1.165, 1.54) is 31.2 Å². The number of hydrogen-bond acceptors (Lipinski definition) is 3. The molecule has 0 fully saturated rings. The van der Waals surface area contributed by atoms with Gasteiger partial charge >= 0.3 is 0 Å². The van der Waals surface area contributed by atoms with E-state index in [0.29, 0.717) is 5.56 Å². The highest BCUT2D eigenvalue weighted by Gasteiger charge is 2.10. The van der Waals surface area contributed by atoms with Gasteiger partial charge in [0.2, 0.25) is 0 Å². The maximum absolute atomic E-state index is 13.8. The lowest BCUT2D eigenvalue weighted by atomic mass is 10.1. The number of rotatable bonds is 3. The van der Waals surface area contributed by atoms with Crippen LogP contribution in [0.1, 0.15) is 24.2 Å². The van der Waals surface area contributed by atoms with Crippen molar-refractivity contribution in [3.8, 4) is 17.6 Å². The molecule has 0 spiro atoms. The fourth-order valence-electron chi connectivity index (χ4n) is 1.64. The highest BCUT2D eigenvalue weighted by atomic mass is 19.1. The molecule has 0 saturated heterocycles. The number of aliphatic hydroxyl groups is 1. The zero-order valence-corrected chi connectivity index (χ0v) is 10.6. The predicted molar refractivity (Wildman–Crippen MR) is 68.2 cm³/mol. The van der Waals surface area contributed by atoms with Gasteiger partial charge in [0.25, 0.3) is 0 Å². The van der Waals surface area contributed by atoms with Crippen molar-refractivity contribution in [2.24, 2.45) is 0 Å². The third-order valence-electron chi connectivity index (χ3n) is 2.73. The van der Waals surface area contributed by atoms with Crippen LogP contribution in [0.25, 0.3) is 0 Å². The standard InChI is InChI=1S/C15H11F2NO2/c1-9(19)10-3-5-15(14(17)6-10)20-12-4-2-11(8-18)13(16)7-12/h2-7,9,19H,1H3. The number of hydrogen-bond donors (Lipinski definition) is 1. The van der Waals surface area contributed by atoms with Crippen LogP contribution in [0.4, 0.5) is 8.78 Å². The van der Waals surface area contributed by atoms with Crippen molar-refractivity contribution in [2.75, 3.05) is 0 Å². The predicted octanol–water partition coefficient (Wildman–Crippen LogP) is 3.68. The van der Waals surface area contributed by atoms with Gasteiger partial charge in [-0.05, 0) is 36.8 Å². The van der Waals surface area contributed by atoms with Crippen LogP contribution >= 0.6 is 0 Å². The van der Waals surface area contributed by atoms with Gasteiger partial charge in [-0.25, -0.2) is 8.78 Å². The zero-order chi connectivity index (χ0) is 14.7. The molecule has 0 radical (unpaired) electrons. The van der Waals surface area contributed by atoms with Gasteiger partial charge < -0.3 is 9.84 Å². The van der Waals surface area contributed by atoms with Gasteiger partial charge in [-0.1, -0.05) is 6.07 Å². The SMILES string of the molecule is CC(O)c1ccc(Oc2ccc(C#N)c(F)c2)c(F)c1. The van der Waals surface area contributed by atoms with E-state index < -0.39 is 17.7 Å². The Labute approximate surface area is 114 Å². The number of nitrogens with zero attached hydrogens (tertiary/aromatic N) is 1. The van der Waals surface area contributed by atoms with E-state index in [2.05, 4.69) is 0 Å². The van der Waals surface area contributed by atoms with Crippen LogP contribution in [0.5, 0.6) is 11.5 Å². The third-order valence-corrected chi connectivity index (χ3v) is 2.73. The van der Waals surface area contributed by atoms with Gasteiger partial charge in [0.05, 0.1) is 11.7 Å². The van der Waals surface area contributed by atoms with Gasteiger partial charge in [0.1, 0.15) is 17.6 Å². The van der Waals surface area contributed by atoms with Crippen LogP contribution in [0.2, 0.25) is 0 Å². The van der Waals surface area contributed by atoms with Crippen molar-refractivity contribution in [3.63, 3.8) is 0 Å². The van der Waals surface area contributed by atoms with E-state index in [4.69, 9.17) is 10.00 Å². The van der Waals surface area contributed by atoms with Crippen molar-refractivity contribution in [1.29, 1.82) is 5.26 Å². The molecule has 0 aliphatic carbocycles. The summed E-state index contributed by atoms with van der Waals surface area (Å²) in [7, 11) is 0. The first-order valence-corrected chi connectivity index (χ1v) is 5.86. The second kappa shape index (κ2) is 5.68. The summed E-state index contributed by atoms with van der Waals surface area (Å²) in [5, 5.41) is 17.9. The quantitative estimate of drug-likeness (QED) is 0.929. The summed E-state index contributed by atoms with van der Waals surface area (Å²) in [5.74, 6) is -1.39. The second-order valence-electron chi connectivity index (χ2n) is 4.22. The summed E-state index contributed by atoms with van der Waals surface area (Å²) in [6.07, 6.45) is -0.786. The summed E-state index contributed by atoms with van der Waals surface area (Å²) < 4.78 is 32.4. The Morgan fingerprint density at radius 2 is 1.90 bits per heavy atom. The van der Waals surface area contributed by atoms with E-state index in [-0.39, 0.29) is 17.1 Å². The van der Waals surface area contributed by atoms with Crippen molar-refractivity contribution in [3.05, 3.63) is 59.2 Å². The average molecular weight is 275 g/mol. The molecule has 0 aromatic heterocycles. The fourth-order valence-corrected chi connectivity index (χ4v) is 1.64. The monoisotopic (exact) mass is 275 g/mol. The molecule has 0 amide bonds. The van der Waals surface area contributed by atoms with Crippen molar-refractivity contribution in [1.82, 2.24) is 0 Å². The van der Waals surface area contributed by atoms with Crippen LogP contribution in [-0.4, -0.2) is 5.11 Å². The minimum atomic E-state index is -0.786. The van der Waals surface area contributed by atoms with Crippen LogP contribution in [0.15, 0.2) is 36.4 Å². The van der Waals surface area contributed by atoms with E-state index in [9.17, 15) is 13.9 Å². The minimum absolute atomic E-state index is 0.0847. The first-order chi connectivity index (χ1) is 9.51.